The van der Waals surface area contributed by atoms with Crippen LogP contribution < -0.4 is 5.32 Å². The summed E-state index contributed by atoms with van der Waals surface area (Å²) < 4.78 is 1.68. The van der Waals surface area contributed by atoms with Gasteiger partial charge in [-0.1, -0.05) is 24.3 Å². The first-order valence-electron chi connectivity index (χ1n) is 8.83. The van der Waals surface area contributed by atoms with Gasteiger partial charge in [-0.05, 0) is 30.9 Å². The first kappa shape index (κ1) is 17.6. The lowest BCUT2D eigenvalue weighted by atomic mass is 10.0. The molecule has 0 aliphatic carbocycles. The predicted molar refractivity (Wildman–Crippen MR) is 95.8 cm³/mol. The van der Waals surface area contributed by atoms with Crippen molar-refractivity contribution < 1.29 is 9.90 Å². The quantitative estimate of drug-likeness (QED) is 0.834. The van der Waals surface area contributed by atoms with E-state index in [1.807, 2.05) is 0 Å². The molecule has 2 N–H and O–H groups in total. The van der Waals surface area contributed by atoms with Crippen LogP contribution >= 0.6 is 0 Å². The van der Waals surface area contributed by atoms with E-state index in [0.29, 0.717) is 5.82 Å². The number of aryl methyl sites for hydroxylation is 1. The van der Waals surface area contributed by atoms with Gasteiger partial charge in [0.25, 0.3) is 0 Å². The zero-order valence-electron chi connectivity index (χ0n) is 14.7. The molecule has 2 heterocycles. The second-order valence-corrected chi connectivity index (χ2v) is 6.67. The summed E-state index contributed by atoms with van der Waals surface area (Å²) in [6.45, 7) is 5.16. The lowest BCUT2D eigenvalue weighted by molar-refractivity contribution is -0.122. The summed E-state index contributed by atoms with van der Waals surface area (Å²) in [5.74, 6) is 0.494. The highest BCUT2D eigenvalue weighted by molar-refractivity contribution is 5.76. The summed E-state index contributed by atoms with van der Waals surface area (Å²) in [5, 5.41) is 12.3. The van der Waals surface area contributed by atoms with Crippen molar-refractivity contribution in [1.82, 2.24) is 19.8 Å². The maximum Gasteiger partial charge on any atom is 0.240 e. The predicted octanol–water partition coefficient (Wildman–Crippen LogP) is 1.46. The van der Waals surface area contributed by atoms with Gasteiger partial charge in [0.2, 0.25) is 5.91 Å². The molecular formula is C19H26N4O2. The fourth-order valence-electron chi connectivity index (χ4n) is 3.33. The average molecular weight is 342 g/mol. The number of aromatic nitrogens is 2. The zero-order valence-corrected chi connectivity index (χ0v) is 14.7. The van der Waals surface area contributed by atoms with Crippen molar-refractivity contribution in [1.29, 1.82) is 0 Å². The van der Waals surface area contributed by atoms with Crippen molar-refractivity contribution in [2.75, 3.05) is 13.1 Å². The highest BCUT2D eigenvalue weighted by Crippen LogP contribution is 2.16. The van der Waals surface area contributed by atoms with Gasteiger partial charge < -0.3 is 15.0 Å². The Morgan fingerprint density at radius 2 is 2.08 bits per heavy atom. The normalized spacial score (nSPS) is 16.1. The van der Waals surface area contributed by atoms with E-state index in [1.54, 1.807) is 17.0 Å². The van der Waals surface area contributed by atoms with Crippen molar-refractivity contribution >= 4 is 5.91 Å². The number of carbonyl (C=O) groups excluding carboxylic acids is 1. The maximum absolute atomic E-state index is 12.2. The van der Waals surface area contributed by atoms with E-state index in [9.17, 15) is 9.90 Å². The van der Waals surface area contributed by atoms with Crippen LogP contribution in [0.25, 0.3) is 0 Å². The minimum absolute atomic E-state index is 0.0231. The van der Waals surface area contributed by atoms with E-state index in [4.69, 9.17) is 0 Å². The molecule has 1 aliphatic heterocycles. The summed E-state index contributed by atoms with van der Waals surface area (Å²) in [6, 6.07) is 8.73. The van der Waals surface area contributed by atoms with Gasteiger partial charge >= 0.3 is 0 Å². The summed E-state index contributed by atoms with van der Waals surface area (Å²) in [4.78, 5) is 18.7. The van der Waals surface area contributed by atoms with Crippen LogP contribution in [0.15, 0.2) is 36.7 Å². The molecule has 3 rings (SSSR count). The molecule has 25 heavy (non-hydrogen) atoms. The molecular weight excluding hydrogens is 316 g/mol. The number of imidazole rings is 1. The third kappa shape index (κ3) is 4.67. The number of carbonyl (C=O) groups is 1. The number of aliphatic hydroxyl groups is 1. The number of benzene rings is 1. The number of hydrogen-bond donors (Lipinski definition) is 2. The second kappa shape index (κ2) is 8.27. The lowest BCUT2D eigenvalue weighted by Gasteiger charge is -2.32. The van der Waals surface area contributed by atoms with Crippen LogP contribution in [0.4, 0.5) is 0 Å². The number of likely N-dealkylation sites (tertiary alicyclic amines) is 1. The first-order valence-corrected chi connectivity index (χ1v) is 8.83. The number of piperidine rings is 1. The van der Waals surface area contributed by atoms with Gasteiger partial charge in [0, 0.05) is 38.1 Å². The largest absolute Gasteiger partial charge is 0.388 e. The standard InChI is InChI=1S/C19H26N4O2/c1-15-4-2-3-5-16(15)12-22-9-6-17(7-10-22)21-19(25)13-23-11-8-20-18(23)14-24/h2-5,8,11,17,24H,6-7,9-10,12-14H2,1H3,(H,21,25). The molecule has 0 radical (unpaired) electrons. The van der Waals surface area contributed by atoms with Gasteiger partial charge in [-0.2, -0.15) is 0 Å². The molecule has 1 fully saturated rings. The fraction of sp³-hybridized carbons (Fsp3) is 0.474. The fourth-order valence-corrected chi connectivity index (χ4v) is 3.33. The molecule has 134 valence electrons. The van der Waals surface area contributed by atoms with E-state index in [-0.39, 0.29) is 25.1 Å². The van der Waals surface area contributed by atoms with Gasteiger partial charge in [-0.3, -0.25) is 9.69 Å². The molecule has 0 unspecified atom stereocenters. The molecule has 6 nitrogen and oxygen atoms in total. The average Bonchev–Trinajstić information content (AvgIpc) is 3.05. The Morgan fingerprint density at radius 1 is 1.32 bits per heavy atom. The summed E-state index contributed by atoms with van der Waals surface area (Å²) >= 11 is 0. The van der Waals surface area contributed by atoms with Gasteiger partial charge in [0.05, 0.1) is 0 Å². The Bertz CT molecular complexity index is 705. The van der Waals surface area contributed by atoms with Crippen LogP contribution in [0, 0.1) is 6.92 Å². The third-order valence-corrected chi connectivity index (χ3v) is 4.86. The van der Waals surface area contributed by atoms with Crippen LogP contribution in [0.3, 0.4) is 0 Å². The summed E-state index contributed by atoms with van der Waals surface area (Å²) in [6.07, 6.45) is 5.25. The zero-order chi connectivity index (χ0) is 17.6. The summed E-state index contributed by atoms with van der Waals surface area (Å²) in [5.41, 5.74) is 2.71. The van der Waals surface area contributed by atoms with Crippen molar-refractivity contribution in [3.05, 3.63) is 53.6 Å². The van der Waals surface area contributed by atoms with E-state index in [1.165, 1.54) is 11.1 Å². The topological polar surface area (TPSA) is 70.4 Å². The highest BCUT2D eigenvalue weighted by atomic mass is 16.3. The SMILES string of the molecule is Cc1ccccc1CN1CCC(NC(=O)Cn2ccnc2CO)CC1. The molecule has 0 spiro atoms. The Hall–Kier alpha value is -2.18. The monoisotopic (exact) mass is 342 g/mol. The second-order valence-electron chi connectivity index (χ2n) is 6.67. The smallest absolute Gasteiger partial charge is 0.240 e. The highest BCUT2D eigenvalue weighted by Gasteiger charge is 2.21. The first-order chi connectivity index (χ1) is 12.2. The van der Waals surface area contributed by atoms with Crippen LogP contribution in [0.5, 0.6) is 0 Å². The number of amides is 1. The van der Waals surface area contributed by atoms with Gasteiger partial charge in [0.15, 0.2) is 0 Å². The number of aliphatic hydroxyl groups excluding tert-OH is 1. The van der Waals surface area contributed by atoms with Crippen molar-refractivity contribution in [3.8, 4) is 0 Å². The lowest BCUT2D eigenvalue weighted by Crippen LogP contribution is -2.45. The minimum atomic E-state index is -0.155. The Morgan fingerprint density at radius 3 is 2.80 bits per heavy atom. The molecule has 1 aliphatic rings. The Labute approximate surface area is 148 Å². The van der Waals surface area contributed by atoms with Gasteiger partial charge in [0.1, 0.15) is 19.0 Å². The van der Waals surface area contributed by atoms with Crippen molar-refractivity contribution in [2.45, 2.75) is 45.5 Å². The number of nitrogens with zero attached hydrogens (tertiary/aromatic N) is 3. The van der Waals surface area contributed by atoms with Gasteiger partial charge in [-0.15, -0.1) is 0 Å². The molecule has 0 saturated carbocycles. The molecule has 1 amide bonds. The molecule has 2 aromatic rings. The molecule has 1 saturated heterocycles. The van der Waals surface area contributed by atoms with Crippen LogP contribution in [-0.4, -0.2) is 44.6 Å². The number of hydrogen-bond acceptors (Lipinski definition) is 4. The molecule has 1 aromatic carbocycles. The Kier molecular flexibility index (Phi) is 5.83. The summed E-state index contributed by atoms with van der Waals surface area (Å²) in [7, 11) is 0. The van der Waals surface area contributed by atoms with Crippen molar-refractivity contribution in [2.24, 2.45) is 0 Å². The maximum atomic E-state index is 12.2. The van der Waals surface area contributed by atoms with E-state index in [0.717, 1.165) is 32.5 Å². The van der Waals surface area contributed by atoms with E-state index in [2.05, 4.69) is 46.4 Å². The Balaban J connectivity index is 1.44. The van der Waals surface area contributed by atoms with Crippen LogP contribution in [0.2, 0.25) is 0 Å². The molecule has 0 bridgehead atoms. The van der Waals surface area contributed by atoms with Crippen molar-refractivity contribution in [3.63, 3.8) is 0 Å². The van der Waals surface area contributed by atoms with Crippen LogP contribution in [0.1, 0.15) is 29.8 Å². The number of nitrogens with one attached hydrogen (secondary N) is 1. The number of rotatable bonds is 6. The van der Waals surface area contributed by atoms with E-state index >= 15 is 0 Å². The molecule has 6 heteroatoms. The minimum Gasteiger partial charge on any atom is -0.388 e. The van der Waals surface area contributed by atoms with E-state index < -0.39 is 0 Å². The molecule has 1 aromatic heterocycles. The van der Waals surface area contributed by atoms with Gasteiger partial charge in [-0.25, -0.2) is 4.98 Å². The molecule has 0 atom stereocenters. The van der Waals surface area contributed by atoms with Crippen LogP contribution in [-0.2, 0) is 24.5 Å². The third-order valence-electron chi connectivity index (χ3n) is 4.86.